The molecule has 4 heteroatoms. The molecule has 1 aliphatic carbocycles. The Morgan fingerprint density at radius 3 is 2.44 bits per heavy atom. The van der Waals surface area contributed by atoms with Crippen molar-refractivity contribution in [2.45, 2.75) is 57.5 Å². The number of nitrogens with zero attached hydrogens (tertiary/aromatic N) is 2. The lowest BCUT2D eigenvalue weighted by Gasteiger charge is -2.37. The maximum absolute atomic E-state index is 13.8. The lowest BCUT2D eigenvalue weighted by molar-refractivity contribution is 0.0588. The van der Waals surface area contributed by atoms with Crippen LogP contribution >= 0.6 is 11.3 Å². The molecule has 2 atom stereocenters. The van der Waals surface area contributed by atoms with E-state index in [4.69, 9.17) is 0 Å². The van der Waals surface area contributed by atoms with E-state index in [-0.39, 0.29) is 5.91 Å². The molecule has 5 rings (SSSR count). The Balaban J connectivity index is 1.42. The average molecular weight is 473 g/mol. The first-order valence-corrected chi connectivity index (χ1v) is 13.7. The molecule has 0 spiro atoms. The van der Waals surface area contributed by atoms with Gasteiger partial charge >= 0.3 is 0 Å². The minimum Gasteiger partial charge on any atom is -0.335 e. The standard InChI is InChI=1S/C30H36N2OS/c1-23-11-8-9-17-28(23)29-22-31(21-27-16-10-18-34-27)19-25(29)20-32(26-14-6-3-7-15-26)30(33)24-12-4-2-5-13-24/h2,4-5,8-13,16-18,25-26,29H,3,6-7,14-15,19-22H2,1H3/t25-,29-/m0/s1. The highest BCUT2D eigenvalue weighted by atomic mass is 32.1. The van der Waals surface area contributed by atoms with Gasteiger partial charge in [-0.05, 0) is 60.4 Å². The number of hydrogen-bond acceptors (Lipinski definition) is 3. The molecule has 1 aliphatic heterocycles. The molecular formula is C30H36N2OS. The number of thiophene rings is 1. The quantitative estimate of drug-likeness (QED) is 0.380. The molecule has 34 heavy (non-hydrogen) atoms. The van der Waals surface area contributed by atoms with E-state index in [9.17, 15) is 4.79 Å². The van der Waals surface area contributed by atoms with Gasteiger partial charge in [0, 0.05) is 48.6 Å². The second kappa shape index (κ2) is 10.9. The third-order valence-electron chi connectivity index (χ3n) is 7.79. The molecular weight excluding hydrogens is 436 g/mol. The van der Waals surface area contributed by atoms with Crippen LogP contribution < -0.4 is 0 Å². The number of amides is 1. The molecule has 178 valence electrons. The fourth-order valence-corrected chi connectivity index (χ4v) is 6.79. The predicted molar refractivity (Wildman–Crippen MR) is 141 cm³/mol. The van der Waals surface area contributed by atoms with Crippen LogP contribution in [0.2, 0.25) is 0 Å². The van der Waals surface area contributed by atoms with Crippen molar-refractivity contribution < 1.29 is 4.79 Å². The van der Waals surface area contributed by atoms with Crippen molar-refractivity contribution in [1.29, 1.82) is 0 Å². The summed E-state index contributed by atoms with van der Waals surface area (Å²) in [4.78, 5) is 20.1. The van der Waals surface area contributed by atoms with E-state index in [1.807, 2.05) is 41.7 Å². The minimum absolute atomic E-state index is 0.216. The van der Waals surface area contributed by atoms with E-state index < -0.39 is 0 Å². The molecule has 3 nitrogen and oxygen atoms in total. The Kier molecular flexibility index (Phi) is 7.46. The summed E-state index contributed by atoms with van der Waals surface area (Å²) < 4.78 is 0. The average Bonchev–Trinajstić information content (AvgIpc) is 3.53. The molecule has 3 aromatic rings. The maximum Gasteiger partial charge on any atom is 0.254 e. The van der Waals surface area contributed by atoms with Crippen molar-refractivity contribution in [3.63, 3.8) is 0 Å². The van der Waals surface area contributed by atoms with Crippen LogP contribution in [0.15, 0.2) is 72.1 Å². The van der Waals surface area contributed by atoms with Gasteiger partial charge in [0.15, 0.2) is 0 Å². The molecule has 2 heterocycles. The lowest BCUT2D eigenvalue weighted by Crippen LogP contribution is -2.45. The predicted octanol–water partition coefficient (Wildman–Crippen LogP) is 6.75. The number of rotatable bonds is 7. The molecule has 1 saturated heterocycles. The topological polar surface area (TPSA) is 23.6 Å². The van der Waals surface area contributed by atoms with E-state index in [0.717, 1.165) is 44.6 Å². The molecule has 0 radical (unpaired) electrons. The summed E-state index contributed by atoms with van der Waals surface area (Å²) in [6, 6.07) is 23.6. The Hall–Kier alpha value is -2.43. The summed E-state index contributed by atoms with van der Waals surface area (Å²) in [5.74, 6) is 1.11. The second-order valence-corrected chi connectivity index (χ2v) is 11.1. The summed E-state index contributed by atoms with van der Waals surface area (Å²) in [6.45, 7) is 6.20. The highest BCUT2D eigenvalue weighted by Gasteiger charge is 2.38. The Bertz CT molecular complexity index is 1060. The van der Waals surface area contributed by atoms with Crippen molar-refractivity contribution in [3.05, 3.63) is 93.7 Å². The van der Waals surface area contributed by atoms with Gasteiger partial charge in [-0.1, -0.05) is 67.8 Å². The summed E-state index contributed by atoms with van der Waals surface area (Å²) in [5.41, 5.74) is 3.65. The number of benzene rings is 2. The maximum atomic E-state index is 13.8. The number of aryl methyl sites for hydroxylation is 1. The number of likely N-dealkylation sites (tertiary alicyclic amines) is 1. The monoisotopic (exact) mass is 472 g/mol. The normalized spacial score (nSPS) is 21.6. The van der Waals surface area contributed by atoms with Crippen molar-refractivity contribution in [3.8, 4) is 0 Å². The van der Waals surface area contributed by atoms with Crippen LogP contribution in [0.4, 0.5) is 0 Å². The Morgan fingerprint density at radius 2 is 1.71 bits per heavy atom. The van der Waals surface area contributed by atoms with E-state index >= 15 is 0 Å². The molecule has 1 saturated carbocycles. The summed E-state index contributed by atoms with van der Waals surface area (Å²) in [6.07, 6.45) is 6.05. The lowest BCUT2D eigenvalue weighted by atomic mass is 9.85. The van der Waals surface area contributed by atoms with Gasteiger partial charge in [-0.25, -0.2) is 0 Å². The first-order chi connectivity index (χ1) is 16.7. The SMILES string of the molecule is Cc1ccccc1[C@H]1CN(Cc2cccs2)C[C@H]1CN(C(=O)c1ccccc1)C1CCCCC1. The van der Waals surface area contributed by atoms with Crippen molar-refractivity contribution in [2.75, 3.05) is 19.6 Å². The van der Waals surface area contributed by atoms with Gasteiger partial charge in [0.05, 0.1) is 0 Å². The van der Waals surface area contributed by atoms with Gasteiger partial charge in [0.2, 0.25) is 0 Å². The van der Waals surface area contributed by atoms with Crippen molar-refractivity contribution in [2.24, 2.45) is 5.92 Å². The van der Waals surface area contributed by atoms with Gasteiger partial charge in [0.1, 0.15) is 0 Å². The zero-order chi connectivity index (χ0) is 23.3. The smallest absolute Gasteiger partial charge is 0.254 e. The highest BCUT2D eigenvalue weighted by molar-refractivity contribution is 7.09. The van der Waals surface area contributed by atoms with Crippen LogP contribution in [-0.2, 0) is 6.54 Å². The summed E-state index contributed by atoms with van der Waals surface area (Å²) in [7, 11) is 0. The molecule has 1 amide bonds. The Labute approximate surface area is 208 Å². The fraction of sp³-hybridized carbons (Fsp3) is 0.433. The van der Waals surface area contributed by atoms with E-state index in [1.54, 1.807) is 0 Å². The highest BCUT2D eigenvalue weighted by Crippen LogP contribution is 2.37. The van der Waals surface area contributed by atoms with Gasteiger partial charge < -0.3 is 4.90 Å². The van der Waals surface area contributed by atoms with Crippen LogP contribution in [0.1, 0.15) is 64.4 Å². The largest absolute Gasteiger partial charge is 0.335 e. The number of carbonyl (C=O) groups is 1. The van der Waals surface area contributed by atoms with Crippen LogP contribution in [-0.4, -0.2) is 41.4 Å². The molecule has 0 N–H and O–H groups in total. The van der Waals surface area contributed by atoms with E-state index in [2.05, 4.69) is 58.5 Å². The third-order valence-corrected chi connectivity index (χ3v) is 8.65. The molecule has 2 fully saturated rings. The number of hydrogen-bond donors (Lipinski definition) is 0. The molecule has 0 unspecified atom stereocenters. The molecule has 1 aromatic heterocycles. The fourth-order valence-electron chi connectivity index (χ4n) is 6.04. The van der Waals surface area contributed by atoms with Crippen LogP contribution in [0.25, 0.3) is 0 Å². The van der Waals surface area contributed by atoms with Gasteiger partial charge in [-0.2, -0.15) is 0 Å². The van der Waals surface area contributed by atoms with Gasteiger partial charge in [0.25, 0.3) is 5.91 Å². The van der Waals surface area contributed by atoms with E-state index in [0.29, 0.717) is 17.9 Å². The van der Waals surface area contributed by atoms with Crippen LogP contribution in [0, 0.1) is 12.8 Å². The van der Waals surface area contributed by atoms with E-state index in [1.165, 1.54) is 35.3 Å². The van der Waals surface area contributed by atoms with Gasteiger partial charge in [-0.3, -0.25) is 9.69 Å². The first-order valence-electron chi connectivity index (χ1n) is 12.9. The summed E-state index contributed by atoms with van der Waals surface area (Å²) in [5, 5.41) is 2.17. The zero-order valence-electron chi connectivity index (χ0n) is 20.2. The molecule has 0 bridgehead atoms. The Morgan fingerprint density at radius 1 is 0.941 bits per heavy atom. The van der Waals surface area contributed by atoms with Gasteiger partial charge in [-0.15, -0.1) is 11.3 Å². The van der Waals surface area contributed by atoms with Crippen molar-refractivity contribution >= 4 is 17.2 Å². The molecule has 2 aliphatic rings. The second-order valence-electron chi connectivity index (χ2n) is 10.1. The van der Waals surface area contributed by atoms with Crippen LogP contribution in [0.5, 0.6) is 0 Å². The van der Waals surface area contributed by atoms with Crippen LogP contribution in [0.3, 0.4) is 0 Å². The summed E-state index contributed by atoms with van der Waals surface area (Å²) >= 11 is 1.84. The number of carbonyl (C=O) groups excluding carboxylic acids is 1. The molecule has 2 aromatic carbocycles. The third kappa shape index (κ3) is 5.29. The zero-order valence-corrected chi connectivity index (χ0v) is 21.1. The first kappa shape index (κ1) is 23.3. The van der Waals surface area contributed by atoms with Crippen molar-refractivity contribution in [1.82, 2.24) is 9.80 Å². The minimum atomic E-state index is 0.216.